The number of alkyl halides is 3. The van der Waals surface area contributed by atoms with Gasteiger partial charge in [-0.05, 0) is 42.5 Å². The van der Waals surface area contributed by atoms with Crippen molar-refractivity contribution in [1.29, 1.82) is 0 Å². The van der Waals surface area contributed by atoms with Crippen LogP contribution in [0.4, 0.5) is 18.9 Å². The van der Waals surface area contributed by atoms with Gasteiger partial charge in [0.05, 0.1) is 28.7 Å². The van der Waals surface area contributed by atoms with Gasteiger partial charge in [0, 0.05) is 47.4 Å². The number of aromatic nitrogens is 1. The molecule has 1 saturated heterocycles. The quantitative estimate of drug-likeness (QED) is 0.354. The van der Waals surface area contributed by atoms with Crippen molar-refractivity contribution in [2.24, 2.45) is 0 Å². The van der Waals surface area contributed by atoms with E-state index in [1.165, 1.54) is 25.4 Å². The number of carbonyl (C=O) groups is 4. The maximum absolute atomic E-state index is 13.4. The Bertz CT molecular complexity index is 1550. The number of halogens is 5. The summed E-state index contributed by atoms with van der Waals surface area (Å²) in [7, 11) is 1.38. The Morgan fingerprint density at radius 2 is 1.85 bits per heavy atom. The first-order valence-electron chi connectivity index (χ1n) is 12.2. The van der Waals surface area contributed by atoms with Crippen LogP contribution < -0.4 is 10.6 Å². The maximum Gasteiger partial charge on any atom is 0.417 e. The summed E-state index contributed by atoms with van der Waals surface area (Å²) < 4.78 is 41.7. The molecule has 0 unspecified atom stereocenters. The van der Waals surface area contributed by atoms with Gasteiger partial charge in [-0.25, -0.2) is 0 Å². The molecule has 0 radical (unpaired) electrons. The third-order valence-corrected chi connectivity index (χ3v) is 7.23. The Labute approximate surface area is 246 Å². The number of hydrogen-bond acceptors (Lipinski definition) is 4. The molecule has 2 aromatic carbocycles. The summed E-state index contributed by atoms with van der Waals surface area (Å²) in [5.74, 6) is -1.77. The molecule has 216 valence electrons. The Morgan fingerprint density at radius 1 is 1.15 bits per heavy atom. The van der Waals surface area contributed by atoms with Crippen molar-refractivity contribution in [2.45, 2.75) is 18.8 Å². The van der Waals surface area contributed by atoms with E-state index in [0.717, 1.165) is 17.0 Å². The van der Waals surface area contributed by atoms with Gasteiger partial charge < -0.3 is 25.0 Å². The zero-order valence-electron chi connectivity index (χ0n) is 21.6. The summed E-state index contributed by atoms with van der Waals surface area (Å²) in [4.78, 5) is 52.9. The molecule has 0 bridgehead atoms. The molecule has 1 aromatic heterocycles. The molecular weight excluding hydrogens is 631 g/mol. The molecule has 4 rings (SSSR count). The standard InChI is InChI=1S/C27H24BrClF3N5O4/c1-3-25(40)37-10-17(11-37)34-24(39)14-36-12-19(18-8-15(28)4-7-22(18)36)26(41)35(2)13-23(38)33-16-5-6-21(29)20(9-16)27(30,31)32/h3-9,12,17H,1,10-11,13-14H2,2H3,(H,33,38)(H,34,39). The van der Waals surface area contributed by atoms with Crippen LogP contribution >= 0.6 is 27.5 Å². The van der Waals surface area contributed by atoms with Gasteiger partial charge in [-0.15, -0.1) is 0 Å². The zero-order valence-corrected chi connectivity index (χ0v) is 23.9. The number of nitrogens with zero attached hydrogens (tertiary/aromatic N) is 3. The van der Waals surface area contributed by atoms with E-state index in [1.54, 1.807) is 27.7 Å². The van der Waals surface area contributed by atoms with E-state index in [9.17, 15) is 32.3 Å². The third kappa shape index (κ3) is 6.91. The predicted octanol–water partition coefficient (Wildman–Crippen LogP) is 4.30. The second kappa shape index (κ2) is 12.0. The number of amides is 4. The van der Waals surface area contributed by atoms with E-state index in [0.29, 0.717) is 28.5 Å². The SMILES string of the molecule is C=CC(=O)N1CC(NC(=O)Cn2cc(C(=O)N(C)CC(=O)Nc3ccc(Cl)c(C(F)(F)F)c3)c3cc(Br)ccc32)C1. The van der Waals surface area contributed by atoms with E-state index in [4.69, 9.17) is 11.6 Å². The summed E-state index contributed by atoms with van der Waals surface area (Å²) in [6.07, 6.45) is -1.98. The molecule has 2 heterocycles. The topological polar surface area (TPSA) is 104 Å². The first-order valence-corrected chi connectivity index (χ1v) is 13.3. The first kappa shape index (κ1) is 30.1. The number of nitrogens with one attached hydrogen (secondary N) is 2. The van der Waals surface area contributed by atoms with E-state index < -0.39 is 35.1 Å². The molecule has 2 N–H and O–H groups in total. The fraction of sp³-hybridized carbons (Fsp3) is 0.259. The van der Waals surface area contributed by atoms with Gasteiger partial charge in [0.25, 0.3) is 5.91 Å². The van der Waals surface area contributed by atoms with Crippen molar-refractivity contribution in [1.82, 2.24) is 19.7 Å². The molecule has 1 aliphatic rings. The van der Waals surface area contributed by atoms with Crippen molar-refractivity contribution in [3.63, 3.8) is 0 Å². The Morgan fingerprint density at radius 3 is 2.51 bits per heavy atom. The van der Waals surface area contributed by atoms with Crippen LogP contribution in [0.1, 0.15) is 15.9 Å². The predicted molar refractivity (Wildman–Crippen MR) is 150 cm³/mol. The Hall–Kier alpha value is -3.84. The van der Waals surface area contributed by atoms with Gasteiger partial charge in [-0.1, -0.05) is 34.1 Å². The minimum atomic E-state index is -4.70. The van der Waals surface area contributed by atoms with Gasteiger partial charge in [0.2, 0.25) is 17.7 Å². The highest BCUT2D eigenvalue weighted by Gasteiger charge is 2.34. The average Bonchev–Trinajstić information content (AvgIpc) is 3.22. The van der Waals surface area contributed by atoms with Gasteiger partial charge >= 0.3 is 6.18 Å². The summed E-state index contributed by atoms with van der Waals surface area (Å²) >= 11 is 9.01. The van der Waals surface area contributed by atoms with Crippen molar-refractivity contribution >= 4 is 67.7 Å². The number of hydrogen-bond donors (Lipinski definition) is 2. The summed E-state index contributed by atoms with van der Waals surface area (Å²) in [6, 6.07) is 7.99. The van der Waals surface area contributed by atoms with Crippen LogP contribution in [-0.4, -0.2) is 70.7 Å². The van der Waals surface area contributed by atoms with Crippen LogP contribution in [0.3, 0.4) is 0 Å². The van der Waals surface area contributed by atoms with E-state index in [2.05, 4.69) is 33.1 Å². The molecule has 0 spiro atoms. The van der Waals surface area contributed by atoms with Gasteiger partial charge in [-0.3, -0.25) is 19.2 Å². The monoisotopic (exact) mass is 653 g/mol. The number of likely N-dealkylation sites (N-methyl/N-ethyl adjacent to an activating group) is 1. The van der Waals surface area contributed by atoms with Crippen LogP contribution in [0.15, 0.2) is 59.7 Å². The first-order chi connectivity index (χ1) is 19.3. The van der Waals surface area contributed by atoms with Gasteiger partial charge in [0.1, 0.15) is 6.54 Å². The minimum Gasteiger partial charge on any atom is -0.348 e. The molecule has 0 atom stereocenters. The molecule has 3 aromatic rings. The largest absolute Gasteiger partial charge is 0.417 e. The van der Waals surface area contributed by atoms with Crippen molar-refractivity contribution in [2.75, 3.05) is 32.0 Å². The van der Waals surface area contributed by atoms with E-state index >= 15 is 0 Å². The molecule has 41 heavy (non-hydrogen) atoms. The number of benzene rings is 2. The highest BCUT2D eigenvalue weighted by Crippen LogP contribution is 2.36. The highest BCUT2D eigenvalue weighted by molar-refractivity contribution is 9.10. The fourth-order valence-corrected chi connectivity index (χ4v) is 4.98. The molecule has 1 aliphatic heterocycles. The molecule has 4 amide bonds. The highest BCUT2D eigenvalue weighted by atomic mass is 79.9. The maximum atomic E-state index is 13.4. The van der Waals surface area contributed by atoms with Crippen LogP contribution in [0.5, 0.6) is 0 Å². The fourth-order valence-electron chi connectivity index (χ4n) is 4.39. The van der Waals surface area contributed by atoms with Crippen LogP contribution in [0.25, 0.3) is 10.9 Å². The molecular formula is C27H24BrClF3N5O4. The number of carbonyl (C=O) groups excluding carboxylic acids is 4. The lowest BCUT2D eigenvalue weighted by atomic mass is 10.1. The van der Waals surface area contributed by atoms with Crippen molar-refractivity contribution in [3.05, 3.63) is 75.9 Å². The van der Waals surface area contributed by atoms with Crippen molar-refractivity contribution in [3.8, 4) is 0 Å². The van der Waals surface area contributed by atoms with Crippen LogP contribution in [0.2, 0.25) is 5.02 Å². The lowest BCUT2D eigenvalue weighted by Gasteiger charge is -2.38. The minimum absolute atomic E-state index is 0.0976. The van der Waals surface area contributed by atoms with Gasteiger partial charge in [-0.2, -0.15) is 13.2 Å². The second-order valence-corrected chi connectivity index (χ2v) is 10.8. The molecule has 0 aliphatic carbocycles. The summed E-state index contributed by atoms with van der Waals surface area (Å²) in [5, 5.41) is 5.23. The lowest BCUT2D eigenvalue weighted by molar-refractivity contribution is -0.137. The van der Waals surface area contributed by atoms with E-state index in [-0.39, 0.29) is 35.7 Å². The third-order valence-electron chi connectivity index (χ3n) is 6.40. The Kier molecular flexibility index (Phi) is 8.78. The molecule has 1 fully saturated rings. The number of rotatable bonds is 8. The smallest absolute Gasteiger partial charge is 0.348 e. The Balaban J connectivity index is 1.45. The molecule has 0 saturated carbocycles. The molecule has 14 heteroatoms. The van der Waals surface area contributed by atoms with Crippen LogP contribution in [0, 0.1) is 0 Å². The average molecular weight is 655 g/mol. The number of anilines is 1. The van der Waals surface area contributed by atoms with Gasteiger partial charge in [0.15, 0.2) is 0 Å². The zero-order chi connectivity index (χ0) is 30.1. The van der Waals surface area contributed by atoms with Crippen molar-refractivity contribution < 1.29 is 32.3 Å². The summed E-state index contributed by atoms with van der Waals surface area (Å²) in [5.41, 5.74) is -0.393. The normalized spacial score (nSPS) is 13.5. The number of likely N-dealkylation sites (tertiary alicyclic amines) is 1. The lowest BCUT2D eigenvalue weighted by Crippen LogP contribution is -2.61. The molecule has 9 nitrogen and oxygen atoms in total. The second-order valence-electron chi connectivity index (χ2n) is 9.45. The number of fused-ring (bicyclic) bond motifs is 1. The van der Waals surface area contributed by atoms with Crippen LogP contribution in [-0.2, 0) is 27.1 Å². The van der Waals surface area contributed by atoms with E-state index in [1.807, 2.05) is 0 Å². The summed E-state index contributed by atoms with van der Waals surface area (Å²) in [6.45, 7) is 3.64.